The SMILES string of the molecule is CC(CN)CCC(=O)N1CCCC(c2ccn[nH]2)C1. The highest BCUT2D eigenvalue weighted by Gasteiger charge is 2.25. The summed E-state index contributed by atoms with van der Waals surface area (Å²) in [7, 11) is 0. The summed E-state index contributed by atoms with van der Waals surface area (Å²) in [4.78, 5) is 14.2. The fourth-order valence-corrected chi connectivity index (χ4v) is 2.60. The molecule has 1 amide bonds. The molecule has 1 fully saturated rings. The number of nitrogens with one attached hydrogen (secondary N) is 1. The number of aromatic nitrogens is 2. The monoisotopic (exact) mass is 264 g/mol. The van der Waals surface area contributed by atoms with Gasteiger partial charge in [0, 0.05) is 37.3 Å². The van der Waals surface area contributed by atoms with Crippen molar-refractivity contribution in [3.05, 3.63) is 18.0 Å². The van der Waals surface area contributed by atoms with Crippen LogP contribution in [0, 0.1) is 5.92 Å². The third-order valence-corrected chi connectivity index (χ3v) is 3.99. The van der Waals surface area contributed by atoms with Crippen molar-refractivity contribution in [2.75, 3.05) is 19.6 Å². The number of nitrogens with zero attached hydrogens (tertiary/aromatic N) is 2. The Kier molecular flexibility index (Phi) is 4.96. The quantitative estimate of drug-likeness (QED) is 0.846. The molecule has 1 aromatic heterocycles. The second-order valence-corrected chi connectivity index (χ2v) is 5.57. The Hall–Kier alpha value is -1.36. The number of aromatic amines is 1. The van der Waals surface area contributed by atoms with Crippen LogP contribution in [0.1, 0.15) is 44.2 Å². The van der Waals surface area contributed by atoms with Crippen LogP contribution in [0.15, 0.2) is 12.3 Å². The molecule has 1 aliphatic rings. The number of carbonyl (C=O) groups is 1. The van der Waals surface area contributed by atoms with Crippen LogP contribution in [0.2, 0.25) is 0 Å². The van der Waals surface area contributed by atoms with Gasteiger partial charge >= 0.3 is 0 Å². The first-order chi connectivity index (χ1) is 9.20. The number of hydrogen-bond acceptors (Lipinski definition) is 3. The maximum absolute atomic E-state index is 12.2. The van der Waals surface area contributed by atoms with Crippen LogP contribution in [0.25, 0.3) is 0 Å². The first-order valence-corrected chi connectivity index (χ1v) is 7.17. The zero-order valence-corrected chi connectivity index (χ0v) is 11.6. The molecule has 106 valence electrons. The number of rotatable bonds is 5. The molecule has 2 heterocycles. The third kappa shape index (κ3) is 3.80. The van der Waals surface area contributed by atoms with E-state index in [1.165, 1.54) is 0 Å². The summed E-state index contributed by atoms with van der Waals surface area (Å²) in [5.74, 6) is 1.11. The van der Waals surface area contributed by atoms with Gasteiger partial charge in [0.25, 0.3) is 0 Å². The van der Waals surface area contributed by atoms with E-state index in [1.54, 1.807) is 6.20 Å². The topological polar surface area (TPSA) is 75.0 Å². The molecule has 2 unspecified atom stereocenters. The summed E-state index contributed by atoms with van der Waals surface area (Å²) in [6, 6.07) is 2.01. The van der Waals surface area contributed by atoms with E-state index >= 15 is 0 Å². The van der Waals surface area contributed by atoms with Gasteiger partial charge in [-0.25, -0.2) is 0 Å². The van der Waals surface area contributed by atoms with Crippen LogP contribution in [0.3, 0.4) is 0 Å². The molecule has 2 rings (SSSR count). The minimum Gasteiger partial charge on any atom is -0.342 e. The molecule has 19 heavy (non-hydrogen) atoms. The molecule has 1 aromatic rings. The fourth-order valence-electron chi connectivity index (χ4n) is 2.60. The number of carbonyl (C=O) groups excluding carboxylic acids is 1. The molecule has 0 spiro atoms. The van der Waals surface area contributed by atoms with Crippen molar-refractivity contribution in [1.29, 1.82) is 0 Å². The van der Waals surface area contributed by atoms with Gasteiger partial charge in [0.2, 0.25) is 5.91 Å². The van der Waals surface area contributed by atoms with Crippen LogP contribution in [0.4, 0.5) is 0 Å². The van der Waals surface area contributed by atoms with Gasteiger partial charge in [-0.05, 0) is 37.8 Å². The highest BCUT2D eigenvalue weighted by molar-refractivity contribution is 5.76. The molecule has 5 nitrogen and oxygen atoms in total. The molecule has 1 saturated heterocycles. The standard InChI is InChI=1S/C14H24N4O/c1-11(9-15)4-5-14(19)18-8-2-3-12(10-18)13-6-7-16-17-13/h6-7,11-12H,2-5,8-10,15H2,1H3,(H,16,17). The van der Waals surface area contributed by atoms with Crippen molar-refractivity contribution < 1.29 is 4.79 Å². The summed E-state index contributed by atoms with van der Waals surface area (Å²) in [5.41, 5.74) is 6.73. The Balaban J connectivity index is 1.85. The lowest BCUT2D eigenvalue weighted by Crippen LogP contribution is -2.39. The minimum absolute atomic E-state index is 0.268. The van der Waals surface area contributed by atoms with Gasteiger partial charge in [-0.3, -0.25) is 9.89 Å². The van der Waals surface area contributed by atoms with E-state index in [1.807, 2.05) is 11.0 Å². The Labute approximate surface area is 114 Å². The Morgan fingerprint density at radius 1 is 1.68 bits per heavy atom. The van der Waals surface area contributed by atoms with Crippen molar-refractivity contribution in [1.82, 2.24) is 15.1 Å². The summed E-state index contributed by atoms with van der Waals surface area (Å²) >= 11 is 0. The minimum atomic E-state index is 0.268. The molecule has 0 saturated carbocycles. The van der Waals surface area contributed by atoms with E-state index in [2.05, 4.69) is 17.1 Å². The lowest BCUT2D eigenvalue weighted by Gasteiger charge is -2.32. The van der Waals surface area contributed by atoms with Gasteiger partial charge in [0.1, 0.15) is 0 Å². The van der Waals surface area contributed by atoms with Crippen molar-refractivity contribution in [3.8, 4) is 0 Å². The Morgan fingerprint density at radius 3 is 3.21 bits per heavy atom. The number of piperidine rings is 1. The molecular formula is C14H24N4O. The van der Waals surface area contributed by atoms with E-state index in [4.69, 9.17) is 5.73 Å². The normalized spacial score (nSPS) is 21.4. The van der Waals surface area contributed by atoms with Gasteiger partial charge in [-0.1, -0.05) is 6.92 Å². The molecular weight excluding hydrogens is 240 g/mol. The Bertz CT molecular complexity index is 390. The van der Waals surface area contributed by atoms with Gasteiger partial charge in [0.05, 0.1) is 0 Å². The molecule has 5 heteroatoms. The average molecular weight is 264 g/mol. The van der Waals surface area contributed by atoms with Crippen LogP contribution in [-0.4, -0.2) is 40.6 Å². The zero-order chi connectivity index (χ0) is 13.7. The first kappa shape index (κ1) is 14.1. The Morgan fingerprint density at radius 2 is 2.53 bits per heavy atom. The van der Waals surface area contributed by atoms with Crippen LogP contribution in [-0.2, 0) is 4.79 Å². The second-order valence-electron chi connectivity index (χ2n) is 5.57. The average Bonchev–Trinajstić information content (AvgIpc) is 2.98. The van der Waals surface area contributed by atoms with Gasteiger partial charge in [0.15, 0.2) is 0 Å². The maximum Gasteiger partial charge on any atom is 0.222 e. The van der Waals surface area contributed by atoms with Gasteiger partial charge < -0.3 is 10.6 Å². The molecule has 1 aliphatic heterocycles. The summed E-state index contributed by atoms with van der Waals surface area (Å²) in [6.45, 7) is 4.46. The van der Waals surface area contributed by atoms with Crippen LogP contribution in [0.5, 0.6) is 0 Å². The highest BCUT2D eigenvalue weighted by atomic mass is 16.2. The van der Waals surface area contributed by atoms with E-state index in [0.29, 0.717) is 24.8 Å². The summed E-state index contributed by atoms with van der Waals surface area (Å²) < 4.78 is 0. The van der Waals surface area contributed by atoms with Crippen LogP contribution < -0.4 is 5.73 Å². The van der Waals surface area contributed by atoms with Crippen molar-refractivity contribution in [3.63, 3.8) is 0 Å². The third-order valence-electron chi connectivity index (χ3n) is 3.99. The summed E-state index contributed by atoms with van der Waals surface area (Å²) in [5, 5.41) is 7.02. The maximum atomic E-state index is 12.2. The van der Waals surface area contributed by atoms with E-state index in [-0.39, 0.29) is 5.91 Å². The number of hydrogen-bond donors (Lipinski definition) is 2. The van der Waals surface area contributed by atoms with Gasteiger partial charge in [-0.2, -0.15) is 5.10 Å². The van der Waals surface area contributed by atoms with Crippen LogP contribution >= 0.6 is 0 Å². The molecule has 0 radical (unpaired) electrons. The molecule has 2 atom stereocenters. The van der Waals surface area contributed by atoms with E-state index in [9.17, 15) is 4.79 Å². The zero-order valence-electron chi connectivity index (χ0n) is 11.6. The lowest BCUT2D eigenvalue weighted by atomic mass is 9.94. The van der Waals surface area contributed by atoms with Gasteiger partial charge in [-0.15, -0.1) is 0 Å². The largest absolute Gasteiger partial charge is 0.342 e. The predicted molar refractivity (Wildman–Crippen MR) is 74.6 cm³/mol. The molecule has 3 N–H and O–H groups in total. The predicted octanol–water partition coefficient (Wildman–Crippen LogP) is 1.49. The molecule has 0 aliphatic carbocycles. The molecule has 0 bridgehead atoms. The number of nitrogens with two attached hydrogens (primary N) is 1. The number of likely N-dealkylation sites (tertiary alicyclic amines) is 1. The highest BCUT2D eigenvalue weighted by Crippen LogP contribution is 2.25. The summed E-state index contributed by atoms with van der Waals surface area (Å²) in [6.07, 6.45) is 5.49. The van der Waals surface area contributed by atoms with E-state index < -0.39 is 0 Å². The number of H-pyrrole nitrogens is 1. The smallest absolute Gasteiger partial charge is 0.222 e. The molecule has 0 aromatic carbocycles. The van der Waals surface area contributed by atoms with Crippen molar-refractivity contribution in [2.24, 2.45) is 11.7 Å². The second kappa shape index (κ2) is 6.70. The lowest BCUT2D eigenvalue weighted by molar-refractivity contribution is -0.132. The van der Waals surface area contributed by atoms with E-state index in [0.717, 1.165) is 38.0 Å². The first-order valence-electron chi connectivity index (χ1n) is 7.17. The van der Waals surface area contributed by atoms with Crippen molar-refractivity contribution >= 4 is 5.91 Å². The van der Waals surface area contributed by atoms with Crippen molar-refractivity contribution in [2.45, 2.75) is 38.5 Å². The number of amides is 1. The fraction of sp³-hybridized carbons (Fsp3) is 0.714.